The summed E-state index contributed by atoms with van der Waals surface area (Å²) in [6, 6.07) is 5.06. The number of carbonyl (C=O) groups excluding carboxylic acids is 1. The normalized spacial score (nSPS) is 15.9. The Morgan fingerprint density at radius 2 is 2.08 bits per heavy atom. The number of amides is 1. The molecule has 2 heterocycles. The number of hydrogen-bond acceptors (Lipinski definition) is 6. The molecule has 134 valence electrons. The van der Waals surface area contributed by atoms with Crippen LogP contribution in [0.1, 0.15) is 5.56 Å². The Balaban J connectivity index is 1.44. The fourth-order valence-corrected chi connectivity index (χ4v) is 3.36. The van der Waals surface area contributed by atoms with Crippen molar-refractivity contribution in [3.05, 3.63) is 41.2 Å². The van der Waals surface area contributed by atoms with Crippen LogP contribution in [0, 0.1) is 5.82 Å². The van der Waals surface area contributed by atoms with Crippen molar-refractivity contribution in [1.29, 1.82) is 0 Å². The van der Waals surface area contributed by atoms with E-state index in [1.807, 2.05) is 11.4 Å². The predicted octanol–water partition coefficient (Wildman–Crippen LogP) is 2.05. The molecule has 0 unspecified atom stereocenters. The number of rotatable bonds is 6. The smallest absolute Gasteiger partial charge is 0.240 e. The predicted molar refractivity (Wildman–Crippen MR) is 95.4 cm³/mol. The zero-order chi connectivity index (χ0) is 17.6. The highest BCUT2D eigenvalue weighted by atomic mass is 32.1. The van der Waals surface area contributed by atoms with Crippen molar-refractivity contribution in [2.24, 2.45) is 0 Å². The van der Waals surface area contributed by atoms with E-state index in [1.165, 1.54) is 24.5 Å². The average Bonchev–Trinajstić information content (AvgIpc) is 3.10. The fourth-order valence-electron chi connectivity index (χ4n) is 2.82. The number of benzene rings is 1. The molecule has 0 radical (unpaired) electrons. The van der Waals surface area contributed by atoms with Gasteiger partial charge >= 0.3 is 0 Å². The van der Waals surface area contributed by atoms with Gasteiger partial charge in [-0.1, -0.05) is 6.07 Å². The summed E-state index contributed by atoms with van der Waals surface area (Å²) in [5, 5.41) is 5.26. The SMILES string of the molecule is COc1ccc(CN2CCN(CC(=O)Nc3nccs3)CC2)cc1F. The van der Waals surface area contributed by atoms with Gasteiger partial charge in [-0.3, -0.25) is 14.6 Å². The molecular weight excluding hydrogens is 343 g/mol. The van der Waals surface area contributed by atoms with Crippen LogP contribution < -0.4 is 10.1 Å². The first-order valence-electron chi connectivity index (χ1n) is 8.10. The third kappa shape index (κ3) is 4.97. The molecular formula is C17H21FN4O2S. The highest BCUT2D eigenvalue weighted by molar-refractivity contribution is 7.13. The number of nitrogens with zero attached hydrogens (tertiary/aromatic N) is 3. The summed E-state index contributed by atoms with van der Waals surface area (Å²) in [6.45, 7) is 4.37. The van der Waals surface area contributed by atoms with Gasteiger partial charge in [0.05, 0.1) is 13.7 Å². The van der Waals surface area contributed by atoms with Crippen LogP contribution in [0.5, 0.6) is 5.75 Å². The van der Waals surface area contributed by atoms with E-state index in [4.69, 9.17) is 4.74 Å². The van der Waals surface area contributed by atoms with E-state index < -0.39 is 0 Å². The van der Waals surface area contributed by atoms with Gasteiger partial charge in [-0.2, -0.15) is 0 Å². The quantitative estimate of drug-likeness (QED) is 0.850. The first kappa shape index (κ1) is 17.8. The highest BCUT2D eigenvalue weighted by Crippen LogP contribution is 2.19. The number of aromatic nitrogens is 1. The van der Waals surface area contributed by atoms with Gasteiger partial charge in [0.25, 0.3) is 0 Å². The summed E-state index contributed by atoms with van der Waals surface area (Å²) in [5.74, 6) is -0.113. The molecule has 1 aliphatic rings. The Hall–Kier alpha value is -2.03. The van der Waals surface area contributed by atoms with Gasteiger partial charge in [-0.05, 0) is 17.7 Å². The van der Waals surface area contributed by atoms with E-state index in [1.54, 1.807) is 12.3 Å². The molecule has 0 saturated carbocycles. The maximum Gasteiger partial charge on any atom is 0.240 e. The number of thiazole rings is 1. The molecule has 1 saturated heterocycles. The number of hydrogen-bond donors (Lipinski definition) is 1. The standard InChI is InChI=1S/C17H21FN4O2S/c1-24-15-3-2-13(10-14(15)18)11-21-5-7-22(8-6-21)12-16(23)20-17-19-4-9-25-17/h2-4,9-10H,5-8,11-12H2,1H3,(H,19,20,23). The fraction of sp³-hybridized carbons (Fsp3) is 0.412. The van der Waals surface area contributed by atoms with Crippen molar-refractivity contribution in [3.8, 4) is 5.75 Å². The second-order valence-corrected chi connectivity index (χ2v) is 6.80. The van der Waals surface area contributed by atoms with Gasteiger partial charge in [-0.15, -0.1) is 11.3 Å². The summed E-state index contributed by atoms with van der Waals surface area (Å²) in [5.41, 5.74) is 0.924. The van der Waals surface area contributed by atoms with Gasteiger partial charge in [0.15, 0.2) is 16.7 Å². The second kappa shape index (κ2) is 8.37. The molecule has 1 fully saturated rings. The van der Waals surface area contributed by atoms with Crippen LogP contribution in [0.15, 0.2) is 29.8 Å². The van der Waals surface area contributed by atoms with Crippen molar-refractivity contribution < 1.29 is 13.9 Å². The van der Waals surface area contributed by atoms with Crippen LogP contribution in [-0.2, 0) is 11.3 Å². The lowest BCUT2D eigenvalue weighted by atomic mass is 10.2. The van der Waals surface area contributed by atoms with Crippen molar-refractivity contribution >= 4 is 22.4 Å². The topological polar surface area (TPSA) is 57.7 Å². The van der Waals surface area contributed by atoms with Crippen LogP contribution in [-0.4, -0.2) is 60.5 Å². The number of ether oxygens (including phenoxy) is 1. The molecule has 0 aliphatic carbocycles. The van der Waals surface area contributed by atoms with Gasteiger partial charge < -0.3 is 10.1 Å². The van der Waals surface area contributed by atoms with E-state index in [-0.39, 0.29) is 17.5 Å². The minimum absolute atomic E-state index is 0.0411. The molecule has 1 aromatic carbocycles. The third-order valence-corrected chi connectivity index (χ3v) is 4.82. The largest absolute Gasteiger partial charge is 0.494 e. The third-order valence-electron chi connectivity index (χ3n) is 4.13. The summed E-state index contributed by atoms with van der Waals surface area (Å²) >= 11 is 1.41. The summed E-state index contributed by atoms with van der Waals surface area (Å²) in [7, 11) is 1.46. The van der Waals surface area contributed by atoms with Crippen molar-refractivity contribution in [1.82, 2.24) is 14.8 Å². The molecule has 0 spiro atoms. The van der Waals surface area contributed by atoms with E-state index in [0.29, 0.717) is 18.2 Å². The van der Waals surface area contributed by atoms with Gasteiger partial charge in [0.1, 0.15) is 0 Å². The monoisotopic (exact) mass is 364 g/mol. The lowest BCUT2D eigenvalue weighted by molar-refractivity contribution is -0.117. The van der Waals surface area contributed by atoms with Crippen LogP contribution in [0.2, 0.25) is 0 Å². The van der Waals surface area contributed by atoms with E-state index in [9.17, 15) is 9.18 Å². The first-order chi connectivity index (χ1) is 12.1. The molecule has 1 amide bonds. The second-order valence-electron chi connectivity index (χ2n) is 5.91. The highest BCUT2D eigenvalue weighted by Gasteiger charge is 2.19. The van der Waals surface area contributed by atoms with E-state index in [0.717, 1.165) is 31.7 Å². The van der Waals surface area contributed by atoms with Crippen LogP contribution in [0.4, 0.5) is 9.52 Å². The molecule has 8 heteroatoms. The van der Waals surface area contributed by atoms with Gasteiger partial charge in [-0.25, -0.2) is 9.37 Å². The Morgan fingerprint density at radius 3 is 2.72 bits per heavy atom. The zero-order valence-electron chi connectivity index (χ0n) is 14.1. The molecule has 6 nitrogen and oxygen atoms in total. The Kier molecular flexibility index (Phi) is 5.95. The average molecular weight is 364 g/mol. The summed E-state index contributed by atoms with van der Waals surface area (Å²) in [6.07, 6.45) is 1.67. The number of nitrogens with one attached hydrogen (secondary N) is 1. The minimum Gasteiger partial charge on any atom is -0.494 e. The van der Waals surface area contributed by atoms with Gasteiger partial charge in [0, 0.05) is 44.3 Å². The van der Waals surface area contributed by atoms with Crippen molar-refractivity contribution in [2.45, 2.75) is 6.54 Å². The van der Waals surface area contributed by atoms with Crippen molar-refractivity contribution in [2.75, 3.05) is 45.2 Å². The molecule has 25 heavy (non-hydrogen) atoms. The molecule has 0 atom stereocenters. The Bertz CT molecular complexity index is 703. The Morgan fingerprint density at radius 1 is 1.32 bits per heavy atom. The number of piperazine rings is 1. The molecule has 1 N–H and O–H groups in total. The first-order valence-corrected chi connectivity index (χ1v) is 8.98. The number of anilines is 1. The van der Waals surface area contributed by atoms with E-state index >= 15 is 0 Å². The Labute approximate surface area is 150 Å². The maximum atomic E-state index is 13.8. The molecule has 2 aromatic rings. The molecule has 0 bridgehead atoms. The van der Waals surface area contributed by atoms with E-state index in [2.05, 4.69) is 20.1 Å². The maximum absolute atomic E-state index is 13.8. The molecule has 1 aliphatic heterocycles. The van der Waals surface area contributed by atoms with Crippen LogP contribution >= 0.6 is 11.3 Å². The van der Waals surface area contributed by atoms with Crippen LogP contribution in [0.3, 0.4) is 0 Å². The number of methoxy groups -OCH3 is 1. The number of halogens is 1. The number of carbonyl (C=O) groups is 1. The lowest BCUT2D eigenvalue weighted by Crippen LogP contribution is -2.48. The lowest BCUT2D eigenvalue weighted by Gasteiger charge is -2.34. The minimum atomic E-state index is -0.336. The summed E-state index contributed by atoms with van der Waals surface area (Å²) in [4.78, 5) is 20.4. The van der Waals surface area contributed by atoms with Crippen LogP contribution in [0.25, 0.3) is 0 Å². The zero-order valence-corrected chi connectivity index (χ0v) is 14.9. The molecule has 3 rings (SSSR count). The summed E-state index contributed by atoms with van der Waals surface area (Å²) < 4.78 is 18.7. The van der Waals surface area contributed by atoms with Crippen molar-refractivity contribution in [3.63, 3.8) is 0 Å². The molecule has 1 aromatic heterocycles. The van der Waals surface area contributed by atoms with Gasteiger partial charge in [0.2, 0.25) is 5.91 Å².